The van der Waals surface area contributed by atoms with Crippen molar-refractivity contribution in [1.82, 2.24) is 0 Å². The second kappa shape index (κ2) is 5.41. The van der Waals surface area contributed by atoms with Gasteiger partial charge in [-0.05, 0) is 0 Å². The molecule has 0 nitrogen and oxygen atoms in total. The molecule has 0 bridgehead atoms. The van der Waals surface area contributed by atoms with Gasteiger partial charge in [-0.25, -0.2) is 0 Å². The molecule has 0 saturated carbocycles. The quantitative estimate of drug-likeness (QED) is 0.354. The minimum absolute atomic E-state index is 0.129. The van der Waals surface area contributed by atoms with Gasteiger partial charge in [-0.2, -0.15) is 0 Å². The van der Waals surface area contributed by atoms with Crippen LogP contribution in [0.2, 0.25) is 24.3 Å². The van der Waals surface area contributed by atoms with Crippen LogP contribution in [0.3, 0.4) is 0 Å². The molecule has 5 heteroatoms. The van der Waals surface area contributed by atoms with E-state index in [1.54, 1.807) is 0 Å². The molecule has 2 aliphatic carbocycles. The van der Waals surface area contributed by atoms with Gasteiger partial charge in [0.05, 0.1) is 0 Å². The molecule has 2 atom stereocenters. The zero-order valence-electron chi connectivity index (χ0n) is 18.7. The molecule has 2 unspecified atom stereocenters. The summed E-state index contributed by atoms with van der Waals surface area (Å²) in [6.45, 7) is 11.9. The number of fused-ring (bicyclic) bond motifs is 2. The van der Waals surface area contributed by atoms with Crippen molar-refractivity contribution in [2.75, 3.05) is 0 Å². The first kappa shape index (κ1) is 22.0. The number of hydrogen-bond donors (Lipinski definition) is 0. The Kier molecular flexibility index (Phi) is 4.11. The summed E-state index contributed by atoms with van der Waals surface area (Å²) < 4.78 is 2.69. The molecule has 2 aliphatic rings. The Morgan fingerprint density at radius 2 is 1.10 bits per heavy atom. The predicted octanol–water partition coefficient (Wildman–Crippen LogP) is 7.53. The van der Waals surface area contributed by atoms with Gasteiger partial charge in [0.25, 0.3) is 0 Å². The van der Waals surface area contributed by atoms with Crippen molar-refractivity contribution in [2.45, 2.75) is 45.4 Å². The van der Waals surface area contributed by atoms with E-state index < -0.39 is 16.9 Å². The van der Waals surface area contributed by atoms with Crippen LogP contribution >= 0.6 is 17.0 Å². The van der Waals surface area contributed by atoms with Gasteiger partial charge in [0, 0.05) is 0 Å². The molecule has 0 N–H and O–H groups in total. The van der Waals surface area contributed by atoms with Crippen LogP contribution in [0.4, 0.5) is 0 Å². The Morgan fingerprint density at radius 3 is 1.45 bits per heavy atom. The van der Waals surface area contributed by atoms with Crippen LogP contribution in [0.15, 0.2) is 59.7 Å². The third kappa shape index (κ3) is 2.40. The van der Waals surface area contributed by atoms with Gasteiger partial charge in [0.2, 0.25) is 0 Å². The number of allylic oxidation sites excluding steroid dienone is 2. The minimum atomic E-state index is -5.56. The Bertz CT molecular complexity index is 1070. The van der Waals surface area contributed by atoms with Gasteiger partial charge in [0.1, 0.15) is 0 Å². The monoisotopic (exact) mass is 537 g/mol. The zero-order valence-corrected chi connectivity index (χ0v) is 25.7. The van der Waals surface area contributed by atoms with Crippen LogP contribution in [0.1, 0.15) is 43.4 Å². The third-order valence-electron chi connectivity index (χ3n) is 9.44. The fourth-order valence-corrected chi connectivity index (χ4v) is 58.9. The van der Waals surface area contributed by atoms with Gasteiger partial charge < -0.3 is 0 Å². The van der Waals surface area contributed by atoms with Crippen molar-refractivity contribution in [2.24, 2.45) is 0 Å². The van der Waals surface area contributed by atoms with Crippen LogP contribution in [-0.4, -0.2) is 12.6 Å². The summed E-state index contributed by atoms with van der Waals surface area (Å²) in [6, 6.07) is 17.6. The average molecular weight is 540 g/mol. The molecule has 0 radical (unpaired) electrons. The number of halogens is 2. The number of rotatable bonds is 3. The van der Waals surface area contributed by atoms with Gasteiger partial charge in [-0.1, -0.05) is 0 Å². The summed E-state index contributed by atoms with van der Waals surface area (Å²) in [7, 11) is 18.1. The molecule has 2 aromatic carbocycles. The number of hydrogen-bond acceptors (Lipinski definition) is 0. The fourth-order valence-electron chi connectivity index (χ4n) is 6.93. The van der Waals surface area contributed by atoms with Crippen LogP contribution in [-0.2, 0) is 11.7 Å². The van der Waals surface area contributed by atoms with Gasteiger partial charge in [0.15, 0.2) is 0 Å². The summed E-state index contributed by atoms with van der Waals surface area (Å²) >= 11 is -5.56. The predicted molar refractivity (Wildman–Crippen MR) is 137 cm³/mol. The summed E-state index contributed by atoms with van der Waals surface area (Å²) in [5, 5.41) is -2.13. The van der Waals surface area contributed by atoms with Gasteiger partial charge in [-0.15, -0.1) is 0 Å². The van der Waals surface area contributed by atoms with E-state index in [1.165, 1.54) is 33.4 Å². The van der Waals surface area contributed by atoms with Gasteiger partial charge in [-0.3, -0.25) is 0 Å². The summed E-state index contributed by atoms with van der Waals surface area (Å²) in [5.41, 5.74) is 8.03. The van der Waals surface area contributed by atoms with Crippen LogP contribution in [0.25, 0.3) is 12.2 Å². The zero-order chi connectivity index (χ0) is 21.6. The molecule has 0 amide bonds. The van der Waals surface area contributed by atoms with E-state index in [0.717, 1.165) is 7.37 Å². The Hall–Kier alpha value is -0.183. The summed E-state index contributed by atoms with van der Waals surface area (Å²) in [4.78, 5) is 0. The van der Waals surface area contributed by atoms with Crippen molar-refractivity contribution >= 4 is 41.7 Å². The van der Waals surface area contributed by atoms with Crippen LogP contribution in [0, 0.1) is 0 Å². The van der Waals surface area contributed by atoms with E-state index in [0.29, 0.717) is 0 Å². The molecule has 0 aliphatic heterocycles. The molecule has 29 heavy (non-hydrogen) atoms. The standard InChI is InChI=1S/2C10H9.C3H9Si.CH3.2ClH.H3Si.Zr/c2*1-8-6-9-4-2-3-5-10(9)7-8;1-4(2)3;;;;;/h2*2-7H,1H3;1-3H3;1H3;2*1H;1H3;/q;;;;;;;+2/p-2. The maximum atomic E-state index is 8.64. The first-order valence-electron chi connectivity index (χ1n) is 10.7. The Balaban J connectivity index is 2.21. The molecule has 4 rings (SSSR count). The van der Waals surface area contributed by atoms with E-state index in [1.807, 2.05) is 0 Å². The summed E-state index contributed by atoms with van der Waals surface area (Å²) in [5.74, 6) is 0. The van der Waals surface area contributed by atoms with E-state index in [9.17, 15) is 0 Å². The molecule has 0 aromatic heterocycles. The SMILES string of the molecule is CC1=Cc2ccccc2[CH]1[Zr]([CH3])([SiH3])([Cl])([Cl])([CH]1C(C)=Cc2ccccc21)[Si](C)(C)C. The van der Waals surface area contributed by atoms with E-state index >= 15 is 0 Å². The molecule has 0 spiro atoms. The van der Waals surface area contributed by atoms with Crippen molar-refractivity contribution in [3.63, 3.8) is 0 Å². The van der Waals surface area contributed by atoms with Crippen molar-refractivity contribution in [3.05, 3.63) is 81.9 Å². The van der Waals surface area contributed by atoms with Crippen molar-refractivity contribution in [1.29, 1.82) is 0 Å². The van der Waals surface area contributed by atoms with E-state index in [4.69, 9.17) is 17.0 Å². The third-order valence-corrected chi connectivity index (χ3v) is 135. The first-order valence-corrected chi connectivity index (χ1v) is 37.9. The average Bonchev–Trinajstić information content (AvgIpc) is 3.09. The normalized spacial score (nSPS) is 25.2. The Morgan fingerprint density at radius 1 is 0.759 bits per heavy atom. The van der Waals surface area contributed by atoms with Crippen LogP contribution < -0.4 is 0 Å². The molecular formula is C24H33Cl2Si2Zr. The van der Waals surface area contributed by atoms with E-state index in [2.05, 4.69) is 98.8 Å². The molecule has 155 valence electrons. The number of benzene rings is 2. The van der Waals surface area contributed by atoms with E-state index in [-0.39, 0.29) is 7.25 Å². The molecule has 2 aromatic rings. The van der Waals surface area contributed by atoms with Gasteiger partial charge >= 0.3 is 181 Å². The topological polar surface area (TPSA) is 0 Å². The van der Waals surface area contributed by atoms with Crippen molar-refractivity contribution < 1.29 is 11.7 Å². The second-order valence-electron chi connectivity index (χ2n) is 12.2. The fraction of sp³-hybridized carbons (Fsp3) is 0.333. The molecule has 0 saturated heterocycles. The van der Waals surface area contributed by atoms with Crippen molar-refractivity contribution in [3.8, 4) is 0 Å². The van der Waals surface area contributed by atoms with Crippen LogP contribution in [0.5, 0.6) is 0 Å². The summed E-state index contributed by atoms with van der Waals surface area (Å²) in [6.07, 6.45) is 4.69. The first-order chi connectivity index (χ1) is 13.1. The molecular weight excluding hydrogens is 507 g/mol. The Labute approximate surface area is 179 Å². The molecule has 0 heterocycles. The second-order valence-corrected chi connectivity index (χ2v) is 121. The molecule has 0 fully saturated rings. The maximum absolute atomic E-state index is 8.64.